The SMILES string of the molecule is COc1ccc(NC(=O)N2CCCC(C(=O)O)C2)cc1-n1nnnc1C1CC1. The number of aliphatic carboxylic acids is 1. The molecule has 0 radical (unpaired) electrons. The number of benzene rings is 1. The Kier molecular flexibility index (Phi) is 4.84. The Labute approximate surface area is 161 Å². The number of carboxylic acids is 1. The van der Waals surface area contributed by atoms with Gasteiger partial charge in [-0.1, -0.05) is 0 Å². The summed E-state index contributed by atoms with van der Waals surface area (Å²) in [7, 11) is 1.57. The molecule has 1 saturated carbocycles. The number of nitrogens with one attached hydrogen (secondary N) is 1. The van der Waals surface area contributed by atoms with E-state index in [1.807, 2.05) is 0 Å². The summed E-state index contributed by atoms with van der Waals surface area (Å²) in [5.41, 5.74) is 1.21. The van der Waals surface area contributed by atoms with Crippen LogP contribution in [-0.2, 0) is 4.79 Å². The molecule has 2 fully saturated rings. The zero-order valence-corrected chi connectivity index (χ0v) is 15.5. The molecule has 28 heavy (non-hydrogen) atoms. The number of ether oxygens (including phenoxy) is 1. The standard InChI is InChI=1S/C18H22N6O4/c1-28-15-7-6-13(9-14(15)24-16(11-4-5-11)20-21-22-24)19-18(27)23-8-2-3-12(10-23)17(25)26/h6-7,9,11-12H,2-5,8,10H2,1H3,(H,19,27)(H,25,26). The molecule has 1 aromatic heterocycles. The zero-order valence-electron chi connectivity index (χ0n) is 15.5. The summed E-state index contributed by atoms with van der Waals surface area (Å²) in [6.07, 6.45) is 3.38. The van der Waals surface area contributed by atoms with Crippen LogP contribution in [0.4, 0.5) is 10.5 Å². The van der Waals surface area contributed by atoms with Gasteiger partial charge in [-0.15, -0.1) is 5.10 Å². The highest BCUT2D eigenvalue weighted by Crippen LogP contribution is 2.40. The van der Waals surface area contributed by atoms with E-state index in [9.17, 15) is 14.7 Å². The Morgan fingerprint density at radius 2 is 2.11 bits per heavy atom. The number of hydrogen-bond acceptors (Lipinski definition) is 6. The molecule has 1 atom stereocenters. The maximum atomic E-state index is 12.6. The van der Waals surface area contributed by atoms with Crippen molar-refractivity contribution in [3.05, 3.63) is 24.0 Å². The molecule has 2 heterocycles. The number of aromatic nitrogens is 4. The van der Waals surface area contributed by atoms with E-state index in [2.05, 4.69) is 20.8 Å². The van der Waals surface area contributed by atoms with Gasteiger partial charge < -0.3 is 20.1 Å². The molecule has 1 saturated heterocycles. The molecular formula is C18H22N6O4. The molecule has 4 rings (SSSR count). The van der Waals surface area contributed by atoms with E-state index in [4.69, 9.17) is 4.74 Å². The Hall–Kier alpha value is -3.17. The minimum atomic E-state index is -0.865. The number of methoxy groups -OCH3 is 1. The summed E-state index contributed by atoms with van der Waals surface area (Å²) in [5, 5.41) is 24.0. The number of carboxylic acid groups (broad SMARTS) is 1. The number of likely N-dealkylation sites (tertiary alicyclic amines) is 1. The van der Waals surface area contributed by atoms with E-state index in [0.29, 0.717) is 42.4 Å². The lowest BCUT2D eigenvalue weighted by atomic mass is 9.99. The highest BCUT2D eigenvalue weighted by atomic mass is 16.5. The van der Waals surface area contributed by atoms with Crippen LogP contribution in [0.2, 0.25) is 0 Å². The molecule has 2 aliphatic rings. The fourth-order valence-electron chi connectivity index (χ4n) is 3.46. The fourth-order valence-corrected chi connectivity index (χ4v) is 3.46. The first-order chi connectivity index (χ1) is 13.6. The van der Waals surface area contributed by atoms with Gasteiger partial charge in [-0.05, 0) is 54.3 Å². The average Bonchev–Trinajstić information content (AvgIpc) is 3.44. The minimum Gasteiger partial charge on any atom is -0.494 e. The lowest BCUT2D eigenvalue weighted by Crippen LogP contribution is -2.44. The van der Waals surface area contributed by atoms with Crippen molar-refractivity contribution in [1.29, 1.82) is 0 Å². The predicted octanol–water partition coefficient (Wildman–Crippen LogP) is 1.88. The number of anilines is 1. The third-order valence-corrected chi connectivity index (χ3v) is 5.15. The van der Waals surface area contributed by atoms with Crippen LogP contribution in [0.1, 0.15) is 37.4 Å². The molecular weight excluding hydrogens is 364 g/mol. The molecule has 148 valence electrons. The number of piperidine rings is 1. The highest BCUT2D eigenvalue weighted by molar-refractivity contribution is 5.90. The van der Waals surface area contributed by atoms with Crippen LogP contribution in [-0.4, -0.2) is 62.4 Å². The Balaban J connectivity index is 1.54. The van der Waals surface area contributed by atoms with E-state index in [1.54, 1.807) is 34.9 Å². The van der Waals surface area contributed by atoms with Crippen molar-refractivity contribution >= 4 is 17.7 Å². The van der Waals surface area contributed by atoms with Crippen LogP contribution in [0, 0.1) is 5.92 Å². The number of carbonyl (C=O) groups excluding carboxylic acids is 1. The van der Waals surface area contributed by atoms with Crippen LogP contribution in [0.15, 0.2) is 18.2 Å². The largest absolute Gasteiger partial charge is 0.494 e. The first-order valence-corrected chi connectivity index (χ1v) is 9.32. The van der Waals surface area contributed by atoms with Gasteiger partial charge in [0.05, 0.1) is 13.0 Å². The number of nitrogens with zero attached hydrogens (tertiary/aromatic N) is 5. The van der Waals surface area contributed by atoms with Crippen molar-refractivity contribution < 1.29 is 19.4 Å². The van der Waals surface area contributed by atoms with Crippen molar-refractivity contribution in [3.63, 3.8) is 0 Å². The van der Waals surface area contributed by atoms with Crippen molar-refractivity contribution in [2.75, 3.05) is 25.5 Å². The molecule has 2 N–H and O–H groups in total. The van der Waals surface area contributed by atoms with Crippen molar-refractivity contribution in [1.82, 2.24) is 25.1 Å². The zero-order chi connectivity index (χ0) is 19.7. The second kappa shape index (κ2) is 7.45. The fraction of sp³-hybridized carbons (Fsp3) is 0.500. The lowest BCUT2D eigenvalue weighted by Gasteiger charge is -2.30. The number of carbonyl (C=O) groups is 2. The van der Waals surface area contributed by atoms with E-state index < -0.39 is 11.9 Å². The maximum Gasteiger partial charge on any atom is 0.321 e. The predicted molar refractivity (Wildman–Crippen MR) is 98.6 cm³/mol. The summed E-state index contributed by atoms with van der Waals surface area (Å²) in [6.45, 7) is 0.750. The normalized spacial score (nSPS) is 19.3. The van der Waals surface area contributed by atoms with Crippen LogP contribution in [0.25, 0.3) is 5.69 Å². The van der Waals surface area contributed by atoms with Crippen LogP contribution >= 0.6 is 0 Å². The molecule has 10 heteroatoms. The highest BCUT2D eigenvalue weighted by Gasteiger charge is 2.31. The molecule has 0 spiro atoms. The molecule has 10 nitrogen and oxygen atoms in total. The van der Waals surface area contributed by atoms with Gasteiger partial charge in [0.25, 0.3) is 0 Å². The van der Waals surface area contributed by atoms with Gasteiger partial charge >= 0.3 is 12.0 Å². The van der Waals surface area contributed by atoms with E-state index in [0.717, 1.165) is 18.7 Å². The van der Waals surface area contributed by atoms with Crippen LogP contribution < -0.4 is 10.1 Å². The van der Waals surface area contributed by atoms with Crippen LogP contribution in [0.5, 0.6) is 5.75 Å². The number of tetrazole rings is 1. The summed E-state index contributed by atoms with van der Waals surface area (Å²) >= 11 is 0. The third kappa shape index (κ3) is 3.62. The van der Waals surface area contributed by atoms with E-state index in [-0.39, 0.29) is 12.6 Å². The quantitative estimate of drug-likeness (QED) is 0.804. The summed E-state index contributed by atoms with van der Waals surface area (Å²) in [5.74, 6) is 0.334. The number of amides is 2. The van der Waals surface area contributed by atoms with Crippen LogP contribution in [0.3, 0.4) is 0 Å². The molecule has 1 unspecified atom stereocenters. The van der Waals surface area contributed by atoms with Gasteiger partial charge in [-0.2, -0.15) is 4.68 Å². The van der Waals surface area contributed by atoms with E-state index in [1.165, 1.54) is 0 Å². The molecule has 0 bridgehead atoms. The topological polar surface area (TPSA) is 122 Å². The Morgan fingerprint density at radius 3 is 2.82 bits per heavy atom. The summed E-state index contributed by atoms with van der Waals surface area (Å²) < 4.78 is 7.08. The average molecular weight is 386 g/mol. The van der Waals surface area contributed by atoms with Gasteiger partial charge in [0, 0.05) is 24.7 Å². The van der Waals surface area contributed by atoms with Crippen molar-refractivity contribution in [3.8, 4) is 11.4 Å². The minimum absolute atomic E-state index is 0.211. The summed E-state index contributed by atoms with van der Waals surface area (Å²) in [6, 6.07) is 4.93. The first-order valence-electron chi connectivity index (χ1n) is 9.32. The molecule has 1 aliphatic heterocycles. The second-order valence-electron chi connectivity index (χ2n) is 7.16. The van der Waals surface area contributed by atoms with Gasteiger partial charge in [0.1, 0.15) is 11.4 Å². The monoisotopic (exact) mass is 386 g/mol. The van der Waals surface area contributed by atoms with Crippen molar-refractivity contribution in [2.45, 2.75) is 31.6 Å². The summed E-state index contributed by atoms with van der Waals surface area (Å²) in [4.78, 5) is 25.4. The molecule has 1 aromatic carbocycles. The second-order valence-corrected chi connectivity index (χ2v) is 7.16. The van der Waals surface area contributed by atoms with Gasteiger partial charge in [0.15, 0.2) is 5.82 Å². The molecule has 1 aliphatic carbocycles. The van der Waals surface area contributed by atoms with Gasteiger partial charge in [-0.3, -0.25) is 4.79 Å². The number of hydrogen-bond donors (Lipinski definition) is 2. The molecule has 2 amide bonds. The third-order valence-electron chi connectivity index (χ3n) is 5.15. The maximum absolute atomic E-state index is 12.6. The van der Waals surface area contributed by atoms with Gasteiger partial charge in [0.2, 0.25) is 0 Å². The molecule has 2 aromatic rings. The Morgan fingerprint density at radius 1 is 1.29 bits per heavy atom. The van der Waals surface area contributed by atoms with Crippen molar-refractivity contribution in [2.24, 2.45) is 5.92 Å². The number of rotatable bonds is 5. The van der Waals surface area contributed by atoms with E-state index >= 15 is 0 Å². The smallest absolute Gasteiger partial charge is 0.321 e. The lowest BCUT2D eigenvalue weighted by molar-refractivity contribution is -0.143. The van der Waals surface area contributed by atoms with Gasteiger partial charge in [-0.25, -0.2) is 4.79 Å². The Bertz CT molecular complexity index is 894. The first kappa shape index (κ1) is 18.2. The number of urea groups is 1.